The molecule has 1 aromatic rings. The highest BCUT2D eigenvalue weighted by Crippen LogP contribution is 2.09. The predicted molar refractivity (Wildman–Crippen MR) is 64.4 cm³/mol. The largest absolute Gasteiger partial charge is 0.478 e. The van der Waals surface area contributed by atoms with Crippen LogP contribution in [-0.4, -0.2) is 39.2 Å². The van der Waals surface area contributed by atoms with Crippen LogP contribution in [-0.2, 0) is 0 Å². The number of nitrogens with one attached hydrogen (secondary N) is 1. The summed E-state index contributed by atoms with van der Waals surface area (Å²) in [5.41, 5.74) is -0.525. The first-order valence-electron chi connectivity index (χ1n) is 5.48. The molecule has 0 atom stereocenters. The van der Waals surface area contributed by atoms with Crippen molar-refractivity contribution >= 4 is 11.9 Å². The normalized spacial score (nSPS) is 11.1. The zero-order valence-corrected chi connectivity index (χ0v) is 10.3. The Balaban J connectivity index is 2.84. The van der Waals surface area contributed by atoms with E-state index in [1.165, 1.54) is 18.3 Å². The molecule has 3 N–H and O–H groups in total. The Bertz CT molecular complexity index is 457. The number of aromatic carboxylic acids is 1. The lowest BCUT2D eigenvalue weighted by molar-refractivity contribution is 0.0696. The second-order valence-corrected chi connectivity index (χ2v) is 4.55. The quantitative estimate of drug-likeness (QED) is 0.715. The summed E-state index contributed by atoms with van der Waals surface area (Å²) in [6, 6.07) is 2.53. The van der Waals surface area contributed by atoms with Crippen LogP contribution in [0, 0.1) is 0 Å². The van der Waals surface area contributed by atoms with Gasteiger partial charge in [0.25, 0.3) is 5.91 Å². The van der Waals surface area contributed by atoms with E-state index in [1.54, 1.807) is 13.8 Å². The zero-order chi connectivity index (χ0) is 13.8. The highest BCUT2D eigenvalue weighted by molar-refractivity contribution is 5.96. The second kappa shape index (κ2) is 5.59. The summed E-state index contributed by atoms with van der Waals surface area (Å²) >= 11 is 0. The van der Waals surface area contributed by atoms with Gasteiger partial charge in [0.1, 0.15) is 5.69 Å². The molecule has 1 aromatic heterocycles. The van der Waals surface area contributed by atoms with Crippen LogP contribution >= 0.6 is 0 Å². The van der Waals surface area contributed by atoms with E-state index in [9.17, 15) is 9.59 Å². The van der Waals surface area contributed by atoms with Gasteiger partial charge in [-0.05, 0) is 32.4 Å². The van der Waals surface area contributed by atoms with Gasteiger partial charge in [0.05, 0.1) is 5.56 Å². The molecule has 18 heavy (non-hydrogen) atoms. The molecule has 0 spiro atoms. The molecule has 0 aliphatic heterocycles. The molecule has 0 radical (unpaired) electrons. The summed E-state index contributed by atoms with van der Waals surface area (Å²) in [5.74, 6) is -1.57. The summed E-state index contributed by atoms with van der Waals surface area (Å²) < 4.78 is 0. The standard InChI is InChI=1S/C12H16N2O4/c1-12(2,4-6-15)14-10(16)9-7-8(11(17)18)3-5-13-9/h3,5,7,15H,4,6H2,1-2H3,(H,14,16)(H,17,18). The number of carboxylic acid groups (broad SMARTS) is 1. The molecule has 6 nitrogen and oxygen atoms in total. The monoisotopic (exact) mass is 252 g/mol. The van der Waals surface area contributed by atoms with Crippen LogP contribution in [0.3, 0.4) is 0 Å². The van der Waals surface area contributed by atoms with Crippen molar-refractivity contribution < 1.29 is 19.8 Å². The second-order valence-electron chi connectivity index (χ2n) is 4.55. The molecule has 1 rings (SSSR count). The van der Waals surface area contributed by atoms with Gasteiger partial charge in [-0.1, -0.05) is 0 Å². The fraction of sp³-hybridized carbons (Fsp3) is 0.417. The number of hydrogen-bond acceptors (Lipinski definition) is 4. The smallest absolute Gasteiger partial charge is 0.335 e. The minimum atomic E-state index is -1.11. The fourth-order valence-corrected chi connectivity index (χ4v) is 1.40. The number of amides is 1. The molecule has 0 aliphatic rings. The summed E-state index contributed by atoms with van der Waals surface area (Å²) in [5, 5.41) is 20.4. The lowest BCUT2D eigenvalue weighted by atomic mass is 10.0. The number of rotatable bonds is 5. The van der Waals surface area contributed by atoms with Crippen LogP contribution in [0.2, 0.25) is 0 Å². The molecule has 98 valence electrons. The summed E-state index contributed by atoms with van der Waals surface area (Å²) in [6.45, 7) is 3.49. The van der Waals surface area contributed by atoms with Gasteiger partial charge in [-0.25, -0.2) is 4.79 Å². The average molecular weight is 252 g/mol. The maximum Gasteiger partial charge on any atom is 0.335 e. The van der Waals surface area contributed by atoms with E-state index in [1.807, 2.05) is 0 Å². The molecule has 0 fully saturated rings. The molecule has 0 saturated heterocycles. The molecule has 0 aromatic carbocycles. The molecule has 1 heterocycles. The zero-order valence-electron chi connectivity index (χ0n) is 10.3. The Morgan fingerprint density at radius 3 is 2.67 bits per heavy atom. The van der Waals surface area contributed by atoms with Crippen molar-refractivity contribution in [2.24, 2.45) is 0 Å². The lowest BCUT2D eigenvalue weighted by Crippen LogP contribution is -2.44. The first-order valence-corrected chi connectivity index (χ1v) is 5.48. The molecular formula is C12H16N2O4. The number of nitrogens with zero attached hydrogens (tertiary/aromatic N) is 1. The van der Waals surface area contributed by atoms with Crippen molar-refractivity contribution in [2.45, 2.75) is 25.8 Å². The van der Waals surface area contributed by atoms with Gasteiger partial charge in [-0.15, -0.1) is 0 Å². The molecule has 0 unspecified atom stereocenters. The van der Waals surface area contributed by atoms with Gasteiger partial charge in [-0.3, -0.25) is 9.78 Å². The Labute approximate surface area is 105 Å². The summed E-state index contributed by atoms with van der Waals surface area (Å²) in [6.07, 6.45) is 1.68. The van der Waals surface area contributed by atoms with Crippen LogP contribution < -0.4 is 5.32 Å². The van der Waals surface area contributed by atoms with Crippen molar-refractivity contribution in [1.29, 1.82) is 0 Å². The van der Waals surface area contributed by atoms with Crippen LogP contribution in [0.1, 0.15) is 41.1 Å². The van der Waals surface area contributed by atoms with Crippen LogP contribution in [0.15, 0.2) is 18.3 Å². The third-order valence-electron chi connectivity index (χ3n) is 2.43. The highest BCUT2D eigenvalue weighted by Gasteiger charge is 2.21. The number of carbonyl (C=O) groups excluding carboxylic acids is 1. The van der Waals surface area contributed by atoms with Gasteiger partial charge >= 0.3 is 5.97 Å². The van der Waals surface area contributed by atoms with Crippen molar-refractivity contribution in [3.63, 3.8) is 0 Å². The summed E-state index contributed by atoms with van der Waals surface area (Å²) in [4.78, 5) is 26.5. The minimum absolute atomic E-state index is 0.00937. The number of hydrogen-bond donors (Lipinski definition) is 3. The Morgan fingerprint density at radius 2 is 2.11 bits per heavy atom. The van der Waals surface area contributed by atoms with Gasteiger partial charge in [0.15, 0.2) is 0 Å². The summed E-state index contributed by atoms with van der Waals surface area (Å²) in [7, 11) is 0. The SMILES string of the molecule is CC(C)(CCO)NC(=O)c1cc(C(=O)O)ccn1. The molecule has 0 saturated carbocycles. The maximum absolute atomic E-state index is 11.9. The Hall–Kier alpha value is -1.95. The number of aliphatic hydroxyl groups excluding tert-OH is 1. The number of aromatic nitrogens is 1. The van der Waals surface area contributed by atoms with Crippen molar-refractivity contribution in [1.82, 2.24) is 10.3 Å². The first-order chi connectivity index (χ1) is 8.35. The van der Waals surface area contributed by atoms with E-state index in [2.05, 4.69) is 10.3 Å². The van der Waals surface area contributed by atoms with Gasteiger partial charge in [-0.2, -0.15) is 0 Å². The Morgan fingerprint density at radius 1 is 1.44 bits per heavy atom. The molecule has 0 aliphatic carbocycles. The molecule has 0 bridgehead atoms. The first kappa shape index (κ1) is 14.1. The number of carbonyl (C=O) groups is 2. The Kier molecular flexibility index (Phi) is 4.38. The average Bonchev–Trinajstić information content (AvgIpc) is 2.28. The van der Waals surface area contributed by atoms with E-state index in [0.717, 1.165) is 0 Å². The third-order valence-corrected chi connectivity index (χ3v) is 2.43. The van der Waals surface area contributed by atoms with Crippen molar-refractivity contribution in [3.8, 4) is 0 Å². The molecular weight excluding hydrogens is 236 g/mol. The predicted octanol–water partition coefficient (Wildman–Crippen LogP) is 0.671. The van der Waals surface area contributed by atoms with E-state index < -0.39 is 17.4 Å². The fourth-order valence-electron chi connectivity index (χ4n) is 1.40. The molecule has 1 amide bonds. The van der Waals surface area contributed by atoms with E-state index in [4.69, 9.17) is 10.2 Å². The number of pyridine rings is 1. The van der Waals surface area contributed by atoms with Crippen LogP contribution in [0.5, 0.6) is 0 Å². The topological polar surface area (TPSA) is 99.5 Å². The highest BCUT2D eigenvalue weighted by atomic mass is 16.4. The van der Waals surface area contributed by atoms with Gasteiger partial charge < -0.3 is 15.5 Å². The number of aliphatic hydroxyl groups is 1. The van der Waals surface area contributed by atoms with Crippen molar-refractivity contribution in [2.75, 3.05) is 6.61 Å². The lowest BCUT2D eigenvalue weighted by Gasteiger charge is -2.25. The van der Waals surface area contributed by atoms with E-state index >= 15 is 0 Å². The van der Waals surface area contributed by atoms with E-state index in [-0.39, 0.29) is 17.9 Å². The third kappa shape index (κ3) is 3.81. The number of carboxylic acids is 1. The molecule has 6 heteroatoms. The minimum Gasteiger partial charge on any atom is -0.478 e. The maximum atomic E-state index is 11.9. The van der Waals surface area contributed by atoms with Crippen molar-refractivity contribution in [3.05, 3.63) is 29.6 Å². The van der Waals surface area contributed by atoms with E-state index in [0.29, 0.717) is 6.42 Å². The van der Waals surface area contributed by atoms with Crippen LogP contribution in [0.4, 0.5) is 0 Å². The van der Waals surface area contributed by atoms with Gasteiger partial charge in [0, 0.05) is 18.3 Å². The van der Waals surface area contributed by atoms with Gasteiger partial charge in [0.2, 0.25) is 0 Å². The van der Waals surface area contributed by atoms with Crippen LogP contribution in [0.25, 0.3) is 0 Å².